The second-order valence-corrected chi connectivity index (χ2v) is 9.37. The van der Waals surface area contributed by atoms with Crippen LogP contribution in [0.15, 0.2) is 60.7 Å². The van der Waals surface area contributed by atoms with Crippen molar-refractivity contribution >= 4 is 5.91 Å². The number of benzene rings is 3. The molecule has 1 amide bonds. The number of amides is 1. The van der Waals surface area contributed by atoms with Gasteiger partial charge in [0.2, 0.25) is 0 Å². The second kappa shape index (κ2) is 12.5. The molecule has 0 fully saturated rings. The Kier molecular flexibility index (Phi) is 8.85. The number of nitrogens with zero attached hydrogens (tertiary/aromatic N) is 1. The molecule has 0 spiro atoms. The van der Waals surface area contributed by atoms with Crippen molar-refractivity contribution in [3.05, 3.63) is 88.5 Å². The molecule has 6 heteroatoms. The van der Waals surface area contributed by atoms with Crippen LogP contribution in [0, 0.1) is 0 Å². The molecule has 1 aliphatic rings. The lowest BCUT2D eigenvalue weighted by molar-refractivity contribution is 0.0950. The minimum Gasteiger partial charge on any atom is -0.497 e. The largest absolute Gasteiger partial charge is 0.497 e. The van der Waals surface area contributed by atoms with Crippen LogP contribution in [0.1, 0.15) is 51.9 Å². The molecule has 0 aromatic heterocycles. The number of hydrogen-bond acceptors (Lipinski definition) is 5. The van der Waals surface area contributed by atoms with Crippen LogP contribution in [-0.2, 0) is 19.5 Å². The molecule has 4 rings (SSSR count). The highest BCUT2D eigenvalue weighted by molar-refractivity contribution is 5.94. The quantitative estimate of drug-likeness (QED) is 0.534. The van der Waals surface area contributed by atoms with Crippen molar-refractivity contribution in [2.45, 2.75) is 38.8 Å². The number of hydrogen-bond donors (Lipinski definition) is 1. The third kappa shape index (κ3) is 7.01. The Bertz CT molecular complexity index is 1160. The molecule has 3 aromatic carbocycles. The molecule has 1 aliphatic heterocycles. The van der Waals surface area contributed by atoms with Crippen molar-refractivity contribution in [3.63, 3.8) is 0 Å². The van der Waals surface area contributed by atoms with Gasteiger partial charge < -0.3 is 24.4 Å². The van der Waals surface area contributed by atoms with Gasteiger partial charge in [0.05, 0.1) is 20.8 Å². The molecule has 3 aromatic rings. The third-order valence-electron chi connectivity index (χ3n) is 6.47. The SMILES string of the molecule is COc1cc(CNC(=O)c2ccc3c(c2)Cc2cccc(c2)CN(C)CCCCCO3)cc(OC)c1. The number of carbonyl (C=O) groups is 1. The van der Waals surface area contributed by atoms with Crippen molar-refractivity contribution in [3.8, 4) is 17.2 Å². The summed E-state index contributed by atoms with van der Waals surface area (Å²) in [6.45, 7) is 3.08. The van der Waals surface area contributed by atoms with Gasteiger partial charge in [-0.15, -0.1) is 0 Å². The standard InChI is InChI=1S/C30H36N2O4/c1-32-12-5-4-6-13-36-29-11-10-25(18-26(29)15-22-8-7-9-23(14-22)21-32)30(33)31-20-24-16-27(34-2)19-28(17-24)35-3/h7-11,14,16-19H,4-6,12-13,15,20-21H2,1-3H3,(H,31,33). The number of nitrogens with one attached hydrogen (secondary N) is 1. The van der Waals surface area contributed by atoms with Crippen LogP contribution < -0.4 is 19.5 Å². The second-order valence-electron chi connectivity index (χ2n) is 9.37. The molecule has 0 saturated heterocycles. The van der Waals surface area contributed by atoms with Gasteiger partial charge in [-0.1, -0.05) is 24.3 Å². The lowest BCUT2D eigenvalue weighted by Crippen LogP contribution is -2.23. The summed E-state index contributed by atoms with van der Waals surface area (Å²) in [7, 11) is 5.40. The monoisotopic (exact) mass is 488 g/mol. The molecule has 0 saturated carbocycles. The Balaban J connectivity index is 1.53. The van der Waals surface area contributed by atoms with Crippen LogP contribution in [0.3, 0.4) is 0 Å². The first-order chi connectivity index (χ1) is 17.5. The maximum Gasteiger partial charge on any atom is 0.251 e. The minimum atomic E-state index is -0.130. The number of ether oxygens (including phenoxy) is 3. The van der Waals surface area contributed by atoms with Gasteiger partial charge in [0, 0.05) is 31.1 Å². The number of carbonyl (C=O) groups excluding carboxylic acids is 1. The fourth-order valence-corrected chi connectivity index (χ4v) is 4.54. The fourth-order valence-electron chi connectivity index (χ4n) is 4.54. The van der Waals surface area contributed by atoms with E-state index in [1.54, 1.807) is 14.2 Å². The van der Waals surface area contributed by atoms with E-state index in [0.29, 0.717) is 36.6 Å². The zero-order valence-corrected chi connectivity index (χ0v) is 21.5. The summed E-state index contributed by atoms with van der Waals surface area (Å²) in [4.78, 5) is 15.4. The number of fused-ring (bicyclic) bond motifs is 3. The first kappa shape index (κ1) is 25.6. The van der Waals surface area contributed by atoms with Gasteiger partial charge in [-0.05, 0) is 85.4 Å². The topological polar surface area (TPSA) is 60.0 Å². The Labute approximate surface area is 214 Å². The van der Waals surface area contributed by atoms with Crippen LogP contribution in [0.4, 0.5) is 0 Å². The van der Waals surface area contributed by atoms with E-state index in [2.05, 4.69) is 41.5 Å². The molecule has 0 atom stereocenters. The molecule has 36 heavy (non-hydrogen) atoms. The Morgan fingerprint density at radius 1 is 0.944 bits per heavy atom. The zero-order chi connectivity index (χ0) is 25.3. The molecule has 2 bridgehead atoms. The predicted octanol–water partition coefficient (Wildman–Crippen LogP) is 5.22. The minimum absolute atomic E-state index is 0.130. The summed E-state index contributed by atoms with van der Waals surface area (Å²) in [6.07, 6.45) is 4.02. The summed E-state index contributed by atoms with van der Waals surface area (Å²) in [5.41, 5.74) is 5.06. The van der Waals surface area contributed by atoms with Crippen LogP contribution >= 0.6 is 0 Å². The Hall–Kier alpha value is -3.51. The van der Waals surface area contributed by atoms with Gasteiger partial charge in [-0.25, -0.2) is 0 Å². The summed E-state index contributed by atoms with van der Waals surface area (Å²) < 4.78 is 16.8. The van der Waals surface area contributed by atoms with E-state index in [0.717, 1.165) is 49.2 Å². The van der Waals surface area contributed by atoms with Crippen molar-refractivity contribution in [2.75, 3.05) is 34.4 Å². The zero-order valence-electron chi connectivity index (χ0n) is 21.5. The summed E-state index contributed by atoms with van der Waals surface area (Å²) >= 11 is 0. The fraction of sp³-hybridized carbons (Fsp3) is 0.367. The summed E-state index contributed by atoms with van der Waals surface area (Å²) in [6, 6.07) is 20.0. The average Bonchev–Trinajstić information content (AvgIpc) is 2.89. The van der Waals surface area contributed by atoms with Gasteiger partial charge in [-0.3, -0.25) is 4.79 Å². The van der Waals surface area contributed by atoms with E-state index in [9.17, 15) is 4.79 Å². The number of methoxy groups -OCH3 is 2. The first-order valence-corrected chi connectivity index (χ1v) is 12.6. The van der Waals surface area contributed by atoms with Crippen LogP contribution in [0.2, 0.25) is 0 Å². The first-order valence-electron chi connectivity index (χ1n) is 12.6. The smallest absolute Gasteiger partial charge is 0.251 e. The van der Waals surface area contributed by atoms with Crippen molar-refractivity contribution in [1.29, 1.82) is 0 Å². The van der Waals surface area contributed by atoms with Gasteiger partial charge in [0.1, 0.15) is 17.2 Å². The molecular formula is C30H36N2O4. The Morgan fingerprint density at radius 3 is 2.50 bits per heavy atom. The maximum atomic E-state index is 13.1. The molecular weight excluding hydrogens is 452 g/mol. The normalized spacial score (nSPS) is 14.6. The molecule has 190 valence electrons. The molecule has 0 aliphatic carbocycles. The van der Waals surface area contributed by atoms with Crippen molar-refractivity contribution in [1.82, 2.24) is 10.2 Å². The van der Waals surface area contributed by atoms with Gasteiger partial charge in [-0.2, -0.15) is 0 Å². The molecule has 1 N–H and O–H groups in total. The van der Waals surface area contributed by atoms with E-state index in [-0.39, 0.29) is 5.91 Å². The number of rotatable bonds is 5. The molecule has 1 heterocycles. The predicted molar refractivity (Wildman–Crippen MR) is 142 cm³/mol. The van der Waals surface area contributed by atoms with E-state index in [1.807, 2.05) is 36.4 Å². The summed E-state index contributed by atoms with van der Waals surface area (Å²) in [5.74, 6) is 2.10. The lowest BCUT2D eigenvalue weighted by atomic mass is 9.99. The van der Waals surface area contributed by atoms with Crippen LogP contribution in [0.25, 0.3) is 0 Å². The van der Waals surface area contributed by atoms with Gasteiger partial charge >= 0.3 is 0 Å². The highest BCUT2D eigenvalue weighted by Gasteiger charge is 2.13. The van der Waals surface area contributed by atoms with Crippen LogP contribution in [-0.4, -0.2) is 45.2 Å². The third-order valence-corrected chi connectivity index (χ3v) is 6.47. The van der Waals surface area contributed by atoms with Gasteiger partial charge in [0.15, 0.2) is 0 Å². The molecule has 6 nitrogen and oxygen atoms in total. The highest BCUT2D eigenvalue weighted by atomic mass is 16.5. The van der Waals surface area contributed by atoms with E-state index in [1.165, 1.54) is 11.1 Å². The van der Waals surface area contributed by atoms with Crippen molar-refractivity contribution < 1.29 is 19.0 Å². The van der Waals surface area contributed by atoms with E-state index < -0.39 is 0 Å². The highest BCUT2D eigenvalue weighted by Crippen LogP contribution is 2.26. The van der Waals surface area contributed by atoms with E-state index >= 15 is 0 Å². The van der Waals surface area contributed by atoms with E-state index in [4.69, 9.17) is 14.2 Å². The van der Waals surface area contributed by atoms with Gasteiger partial charge in [0.25, 0.3) is 5.91 Å². The average molecular weight is 489 g/mol. The maximum absolute atomic E-state index is 13.1. The Morgan fingerprint density at radius 2 is 1.72 bits per heavy atom. The summed E-state index contributed by atoms with van der Waals surface area (Å²) in [5, 5.41) is 3.02. The van der Waals surface area contributed by atoms with Crippen LogP contribution in [0.5, 0.6) is 17.2 Å². The molecule has 0 radical (unpaired) electrons. The molecule has 0 unspecified atom stereocenters. The van der Waals surface area contributed by atoms with Crippen molar-refractivity contribution in [2.24, 2.45) is 0 Å². The lowest BCUT2D eigenvalue weighted by Gasteiger charge is -2.19.